The highest BCUT2D eigenvalue weighted by Crippen LogP contribution is 2.30. The molecule has 4 heteroatoms. The molecular weight excluding hydrogens is 234 g/mol. The predicted molar refractivity (Wildman–Crippen MR) is 69.5 cm³/mol. The normalized spacial score (nSPS) is 10.4. The molecule has 88 valence electrons. The van der Waals surface area contributed by atoms with Crippen LogP contribution in [0.2, 0.25) is 0 Å². The van der Waals surface area contributed by atoms with Crippen molar-refractivity contribution in [1.29, 1.82) is 0 Å². The molecule has 0 fully saturated rings. The number of hydrogen-bond acceptors (Lipinski definition) is 3. The van der Waals surface area contributed by atoms with Crippen LogP contribution < -0.4 is 5.32 Å². The maximum atomic E-state index is 11.1. The van der Waals surface area contributed by atoms with E-state index in [1.165, 1.54) is 11.3 Å². The molecule has 2 aromatic rings. The van der Waals surface area contributed by atoms with E-state index in [9.17, 15) is 4.79 Å². The maximum Gasteiger partial charge on any atom is 0.346 e. The van der Waals surface area contributed by atoms with E-state index in [0.29, 0.717) is 4.88 Å². The molecule has 0 aliphatic carbocycles. The largest absolute Gasteiger partial charge is 0.477 e. The molecule has 1 aromatic heterocycles. The lowest BCUT2D eigenvalue weighted by molar-refractivity contribution is 0.0703. The number of nitrogens with one attached hydrogen (secondary N) is 1. The zero-order valence-corrected chi connectivity index (χ0v) is 10.3. The molecule has 0 bridgehead atoms. The van der Waals surface area contributed by atoms with Gasteiger partial charge in [0, 0.05) is 12.1 Å². The van der Waals surface area contributed by atoms with Gasteiger partial charge in [-0.3, -0.25) is 0 Å². The van der Waals surface area contributed by atoms with Crippen LogP contribution in [0, 0.1) is 0 Å². The first-order valence-corrected chi connectivity index (χ1v) is 6.15. The number of thiophene rings is 1. The fraction of sp³-hybridized carbons (Fsp3) is 0.154. The van der Waals surface area contributed by atoms with E-state index in [1.54, 1.807) is 0 Å². The molecule has 2 N–H and O–H groups in total. The van der Waals surface area contributed by atoms with Gasteiger partial charge in [-0.1, -0.05) is 24.3 Å². The van der Waals surface area contributed by atoms with E-state index in [0.717, 1.165) is 23.2 Å². The first kappa shape index (κ1) is 11.8. The summed E-state index contributed by atoms with van der Waals surface area (Å²) in [4.78, 5) is 11.5. The van der Waals surface area contributed by atoms with Crippen LogP contribution in [0.3, 0.4) is 0 Å². The summed E-state index contributed by atoms with van der Waals surface area (Å²) in [5.41, 5.74) is 2.89. The van der Waals surface area contributed by atoms with Crippen LogP contribution in [0.1, 0.15) is 15.2 Å². The van der Waals surface area contributed by atoms with Gasteiger partial charge < -0.3 is 10.4 Å². The molecule has 1 heterocycles. The number of carboxylic acids is 1. The zero-order chi connectivity index (χ0) is 12.3. The van der Waals surface area contributed by atoms with Crippen molar-refractivity contribution in [2.24, 2.45) is 0 Å². The molecule has 0 saturated heterocycles. The van der Waals surface area contributed by atoms with Crippen LogP contribution in [0.4, 0.5) is 0 Å². The summed E-state index contributed by atoms with van der Waals surface area (Å²) in [6.45, 7) is 0.727. The molecule has 0 spiro atoms. The average Bonchev–Trinajstić information content (AvgIpc) is 2.79. The third-order valence-electron chi connectivity index (χ3n) is 2.53. The minimum absolute atomic E-state index is 0.397. The van der Waals surface area contributed by atoms with E-state index in [1.807, 2.05) is 42.8 Å². The highest BCUT2D eigenvalue weighted by molar-refractivity contribution is 7.12. The van der Waals surface area contributed by atoms with Gasteiger partial charge in [-0.2, -0.15) is 0 Å². The van der Waals surface area contributed by atoms with Gasteiger partial charge in [0.2, 0.25) is 0 Å². The lowest BCUT2D eigenvalue weighted by Gasteiger charge is -2.08. The molecule has 0 amide bonds. The van der Waals surface area contributed by atoms with Crippen LogP contribution in [-0.4, -0.2) is 18.1 Å². The standard InChI is InChI=1S/C13H13NO2S/c1-14-8-9-4-2-3-5-10(9)11-6-7-17-12(11)13(15)16/h2-7,14H,8H2,1H3,(H,15,16). The van der Waals surface area contributed by atoms with Crippen molar-refractivity contribution in [3.8, 4) is 11.1 Å². The van der Waals surface area contributed by atoms with E-state index < -0.39 is 5.97 Å². The Balaban J connectivity index is 2.52. The molecule has 2 rings (SSSR count). The lowest BCUT2D eigenvalue weighted by atomic mass is 10.0. The molecular formula is C13H13NO2S. The van der Waals surface area contributed by atoms with Crippen molar-refractivity contribution < 1.29 is 9.90 Å². The summed E-state index contributed by atoms with van der Waals surface area (Å²) < 4.78 is 0. The Labute approximate surface area is 104 Å². The Morgan fingerprint density at radius 1 is 1.29 bits per heavy atom. The number of benzene rings is 1. The number of carboxylic acid groups (broad SMARTS) is 1. The van der Waals surface area contributed by atoms with Gasteiger partial charge in [0.05, 0.1) is 0 Å². The number of aromatic carboxylic acids is 1. The SMILES string of the molecule is CNCc1ccccc1-c1ccsc1C(=O)O. The summed E-state index contributed by atoms with van der Waals surface area (Å²) in [6.07, 6.45) is 0. The van der Waals surface area contributed by atoms with Crippen LogP contribution in [0.15, 0.2) is 35.7 Å². The van der Waals surface area contributed by atoms with Crippen LogP contribution >= 0.6 is 11.3 Å². The smallest absolute Gasteiger partial charge is 0.346 e. The van der Waals surface area contributed by atoms with Crippen molar-refractivity contribution in [2.75, 3.05) is 7.05 Å². The minimum atomic E-state index is -0.866. The molecule has 0 atom stereocenters. The summed E-state index contributed by atoms with van der Waals surface area (Å²) >= 11 is 1.26. The topological polar surface area (TPSA) is 49.3 Å². The summed E-state index contributed by atoms with van der Waals surface area (Å²) in [5.74, 6) is -0.866. The van der Waals surface area contributed by atoms with Crippen LogP contribution in [0.5, 0.6) is 0 Å². The second kappa shape index (κ2) is 5.12. The molecule has 0 aliphatic heterocycles. The Kier molecular flexibility index (Phi) is 3.56. The van der Waals surface area contributed by atoms with Crippen molar-refractivity contribution in [2.45, 2.75) is 6.54 Å². The lowest BCUT2D eigenvalue weighted by Crippen LogP contribution is -2.06. The van der Waals surface area contributed by atoms with Gasteiger partial charge in [0.15, 0.2) is 0 Å². The summed E-state index contributed by atoms with van der Waals surface area (Å²) in [5, 5.41) is 14.0. The fourth-order valence-corrected chi connectivity index (χ4v) is 2.56. The Bertz CT molecular complexity index is 534. The fourth-order valence-electron chi connectivity index (χ4n) is 1.81. The third kappa shape index (κ3) is 2.38. The Hall–Kier alpha value is -1.65. The maximum absolute atomic E-state index is 11.1. The quantitative estimate of drug-likeness (QED) is 0.873. The van der Waals surface area contributed by atoms with Crippen LogP contribution in [0.25, 0.3) is 11.1 Å². The predicted octanol–water partition coefficient (Wildman–Crippen LogP) is 2.83. The second-order valence-corrected chi connectivity index (χ2v) is 4.57. The molecule has 0 aliphatic rings. The molecule has 0 radical (unpaired) electrons. The van der Waals surface area contributed by atoms with E-state index in [4.69, 9.17) is 5.11 Å². The van der Waals surface area contributed by atoms with Gasteiger partial charge >= 0.3 is 5.97 Å². The van der Waals surface area contributed by atoms with Gasteiger partial charge in [-0.15, -0.1) is 11.3 Å². The highest BCUT2D eigenvalue weighted by Gasteiger charge is 2.15. The van der Waals surface area contributed by atoms with E-state index in [2.05, 4.69) is 5.32 Å². The van der Waals surface area contributed by atoms with Crippen molar-refractivity contribution >= 4 is 17.3 Å². The van der Waals surface area contributed by atoms with Gasteiger partial charge in [0.25, 0.3) is 0 Å². The Morgan fingerprint density at radius 2 is 2.06 bits per heavy atom. The number of carbonyl (C=O) groups is 1. The van der Waals surface area contributed by atoms with E-state index >= 15 is 0 Å². The minimum Gasteiger partial charge on any atom is -0.477 e. The average molecular weight is 247 g/mol. The molecule has 3 nitrogen and oxygen atoms in total. The van der Waals surface area contributed by atoms with Gasteiger partial charge in [-0.05, 0) is 29.6 Å². The molecule has 0 saturated carbocycles. The number of hydrogen-bond donors (Lipinski definition) is 2. The zero-order valence-electron chi connectivity index (χ0n) is 9.43. The third-order valence-corrected chi connectivity index (χ3v) is 3.44. The highest BCUT2D eigenvalue weighted by atomic mass is 32.1. The first-order valence-electron chi connectivity index (χ1n) is 5.27. The van der Waals surface area contributed by atoms with Crippen molar-refractivity contribution in [3.63, 3.8) is 0 Å². The first-order chi connectivity index (χ1) is 8.24. The van der Waals surface area contributed by atoms with Crippen LogP contribution in [-0.2, 0) is 6.54 Å². The molecule has 1 aromatic carbocycles. The molecule has 0 unspecified atom stereocenters. The summed E-state index contributed by atoms with van der Waals surface area (Å²) in [7, 11) is 1.88. The van der Waals surface area contributed by atoms with Gasteiger partial charge in [-0.25, -0.2) is 4.79 Å². The second-order valence-electron chi connectivity index (χ2n) is 3.66. The number of rotatable bonds is 4. The van der Waals surface area contributed by atoms with Crippen molar-refractivity contribution in [3.05, 3.63) is 46.2 Å². The monoisotopic (exact) mass is 247 g/mol. The van der Waals surface area contributed by atoms with E-state index in [-0.39, 0.29) is 0 Å². The summed E-state index contributed by atoms with van der Waals surface area (Å²) in [6, 6.07) is 9.72. The van der Waals surface area contributed by atoms with Crippen molar-refractivity contribution in [1.82, 2.24) is 5.32 Å². The molecule has 17 heavy (non-hydrogen) atoms. The van der Waals surface area contributed by atoms with Gasteiger partial charge in [0.1, 0.15) is 4.88 Å². The Morgan fingerprint density at radius 3 is 2.76 bits per heavy atom.